The zero-order valence-corrected chi connectivity index (χ0v) is 13.9. The summed E-state index contributed by atoms with van der Waals surface area (Å²) in [5, 5.41) is 2.89. The molecule has 128 valence electrons. The molecule has 0 spiro atoms. The zero-order valence-electron chi connectivity index (χ0n) is 13.9. The molecule has 0 unspecified atom stereocenters. The Hall–Kier alpha value is -2.37. The number of hydrogen-bond acceptors (Lipinski definition) is 4. The van der Waals surface area contributed by atoms with E-state index in [1.54, 1.807) is 29.8 Å². The van der Waals surface area contributed by atoms with Crippen LogP contribution < -0.4 is 5.32 Å². The average Bonchev–Trinajstić information content (AvgIpc) is 3.04. The van der Waals surface area contributed by atoms with Gasteiger partial charge in [0.1, 0.15) is 5.65 Å². The van der Waals surface area contributed by atoms with Crippen molar-refractivity contribution in [3.63, 3.8) is 0 Å². The van der Waals surface area contributed by atoms with Gasteiger partial charge in [0, 0.05) is 18.9 Å². The van der Waals surface area contributed by atoms with Gasteiger partial charge in [0.2, 0.25) is 0 Å². The summed E-state index contributed by atoms with van der Waals surface area (Å²) in [5.41, 5.74) is 0.868. The van der Waals surface area contributed by atoms with Crippen LogP contribution in [-0.2, 0) is 9.53 Å². The number of nitrogens with one attached hydrogen (secondary N) is 1. The number of imidazole rings is 1. The molecule has 1 aliphatic carbocycles. The second-order valence-corrected chi connectivity index (χ2v) is 6.39. The molecule has 3 rings (SSSR count). The Morgan fingerprint density at radius 1 is 1.33 bits per heavy atom. The van der Waals surface area contributed by atoms with E-state index in [9.17, 15) is 9.59 Å². The smallest absolute Gasteiger partial charge is 0.359 e. The van der Waals surface area contributed by atoms with Gasteiger partial charge in [-0.3, -0.25) is 4.79 Å². The highest BCUT2D eigenvalue weighted by Crippen LogP contribution is 2.22. The van der Waals surface area contributed by atoms with Gasteiger partial charge in [-0.15, -0.1) is 0 Å². The lowest BCUT2D eigenvalue weighted by atomic mass is 9.89. The van der Waals surface area contributed by atoms with Gasteiger partial charge in [-0.05, 0) is 37.8 Å². The Balaban J connectivity index is 1.52. The largest absolute Gasteiger partial charge is 0.448 e. The van der Waals surface area contributed by atoms with Crippen molar-refractivity contribution in [3.05, 3.63) is 36.3 Å². The zero-order chi connectivity index (χ0) is 16.9. The number of fused-ring (bicyclic) bond motifs is 1. The summed E-state index contributed by atoms with van der Waals surface area (Å²) >= 11 is 0. The fourth-order valence-corrected chi connectivity index (χ4v) is 3.09. The van der Waals surface area contributed by atoms with Crippen molar-refractivity contribution in [3.8, 4) is 0 Å². The highest BCUT2D eigenvalue weighted by Gasteiger charge is 2.22. The molecule has 1 atom stereocenters. The Morgan fingerprint density at radius 3 is 2.88 bits per heavy atom. The lowest BCUT2D eigenvalue weighted by molar-refractivity contribution is -0.129. The number of nitrogens with zero attached hydrogens (tertiary/aromatic N) is 2. The van der Waals surface area contributed by atoms with Crippen LogP contribution in [0.2, 0.25) is 0 Å². The van der Waals surface area contributed by atoms with Gasteiger partial charge in [0.15, 0.2) is 11.8 Å². The molecular formula is C18H23N3O3. The summed E-state index contributed by atoms with van der Waals surface area (Å²) < 4.78 is 6.98. The Bertz CT molecular complexity index is 686. The maximum atomic E-state index is 12.2. The molecule has 0 radical (unpaired) electrons. The molecule has 0 saturated heterocycles. The van der Waals surface area contributed by atoms with Crippen molar-refractivity contribution in [1.82, 2.24) is 14.7 Å². The minimum Gasteiger partial charge on any atom is -0.448 e. The average molecular weight is 329 g/mol. The molecule has 1 aliphatic rings. The number of ether oxygens (including phenoxy) is 1. The lowest BCUT2D eigenvalue weighted by Gasteiger charge is -2.22. The first-order valence-electron chi connectivity index (χ1n) is 8.56. The van der Waals surface area contributed by atoms with Crippen molar-refractivity contribution in [1.29, 1.82) is 0 Å². The van der Waals surface area contributed by atoms with E-state index in [2.05, 4.69) is 10.3 Å². The predicted molar refractivity (Wildman–Crippen MR) is 89.7 cm³/mol. The van der Waals surface area contributed by atoms with Gasteiger partial charge < -0.3 is 14.5 Å². The van der Waals surface area contributed by atoms with Crippen LogP contribution >= 0.6 is 0 Å². The second-order valence-electron chi connectivity index (χ2n) is 6.39. The number of carbonyl (C=O) groups is 2. The van der Waals surface area contributed by atoms with Crippen molar-refractivity contribution in [2.45, 2.75) is 45.1 Å². The third kappa shape index (κ3) is 3.93. The fraction of sp³-hybridized carbons (Fsp3) is 0.500. The van der Waals surface area contributed by atoms with Gasteiger partial charge >= 0.3 is 5.97 Å². The molecule has 0 aliphatic heterocycles. The molecule has 0 aromatic carbocycles. The van der Waals surface area contributed by atoms with E-state index in [1.165, 1.54) is 19.3 Å². The molecule has 1 saturated carbocycles. The van der Waals surface area contributed by atoms with Crippen LogP contribution in [0.25, 0.3) is 5.65 Å². The van der Waals surface area contributed by atoms with E-state index >= 15 is 0 Å². The molecule has 2 aromatic rings. The van der Waals surface area contributed by atoms with E-state index < -0.39 is 12.1 Å². The van der Waals surface area contributed by atoms with Crippen LogP contribution in [0, 0.1) is 5.92 Å². The maximum Gasteiger partial charge on any atom is 0.359 e. The van der Waals surface area contributed by atoms with Crippen LogP contribution in [0.3, 0.4) is 0 Å². The van der Waals surface area contributed by atoms with Crippen molar-refractivity contribution >= 4 is 17.5 Å². The number of hydrogen-bond donors (Lipinski definition) is 1. The highest BCUT2D eigenvalue weighted by molar-refractivity contribution is 5.91. The number of esters is 1. The number of pyridine rings is 1. The SMILES string of the molecule is C[C@@H](OC(=O)c1cn2ccccc2n1)C(=O)NCC1CCCCC1. The molecule has 0 bridgehead atoms. The predicted octanol–water partition coefficient (Wildman–Crippen LogP) is 2.58. The first-order chi connectivity index (χ1) is 11.6. The maximum absolute atomic E-state index is 12.2. The molecular weight excluding hydrogens is 306 g/mol. The van der Waals surface area contributed by atoms with Crippen molar-refractivity contribution in [2.24, 2.45) is 5.92 Å². The van der Waals surface area contributed by atoms with Crippen LogP contribution in [0.5, 0.6) is 0 Å². The number of amides is 1. The van der Waals surface area contributed by atoms with Gasteiger partial charge in [-0.25, -0.2) is 9.78 Å². The third-order valence-electron chi connectivity index (χ3n) is 4.52. The first kappa shape index (κ1) is 16.5. The second kappa shape index (κ2) is 7.47. The van der Waals surface area contributed by atoms with E-state index in [0.717, 1.165) is 12.8 Å². The van der Waals surface area contributed by atoms with Crippen LogP contribution in [0.4, 0.5) is 0 Å². The molecule has 2 heterocycles. The molecule has 1 amide bonds. The van der Waals surface area contributed by atoms with Crippen LogP contribution in [-0.4, -0.2) is 33.9 Å². The molecule has 1 N–H and O–H groups in total. The van der Waals surface area contributed by atoms with E-state index in [-0.39, 0.29) is 11.6 Å². The van der Waals surface area contributed by atoms with E-state index in [1.807, 2.05) is 12.1 Å². The third-order valence-corrected chi connectivity index (χ3v) is 4.52. The highest BCUT2D eigenvalue weighted by atomic mass is 16.5. The van der Waals surface area contributed by atoms with Gasteiger partial charge in [-0.1, -0.05) is 25.3 Å². The summed E-state index contributed by atoms with van der Waals surface area (Å²) in [4.78, 5) is 28.5. The molecule has 2 aromatic heterocycles. The van der Waals surface area contributed by atoms with E-state index in [4.69, 9.17) is 4.74 Å². The monoisotopic (exact) mass is 329 g/mol. The van der Waals surface area contributed by atoms with E-state index in [0.29, 0.717) is 18.1 Å². The number of aromatic nitrogens is 2. The Morgan fingerprint density at radius 2 is 2.12 bits per heavy atom. The quantitative estimate of drug-likeness (QED) is 0.856. The summed E-state index contributed by atoms with van der Waals surface area (Å²) in [6, 6.07) is 5.50. The summed E-state index contributed by atoms with van der Waals surface area (Å²) in [6.45, 7) is 2.25. The van der Waals surface area contributed by atoms with Gasteiger partial charge in [0.05, 0.1) is 0 Å². The molecule has 6 heteroatoms. The number of rotatable bonds is 5. The Labute approximate surface area is 141 Å². The normalized spacial score (nSPS) is 16.7. The minimum absolute atomic E-state index is 0.202. The van der Waals surface area contributed by atoms with Gasteiger partial charge in [0.25, 0.3) is 5.91 Å². The molecule has 1 fully saturated rings. The summed E-state index contributed by atoms with van der Waals surface area (Å²) in [6.07, 6.45) is 8.66. The molecule has 6 nitrogen and oxygen atoms in total. The summed E-state index contributed by atoms with van der Waals surface area (Å²) in [7, 11) is 0. The van der Waals surface area contributed by atoms with Crippen molar-refractivity contribution < 1.29 is 14.3 Å². The van der Waals surface area contributed by atoms with Crippen molar-refractivity contribution in [2.75, 3.05) is 6.54 Å². The first-order valence-corrected chi connectivity index (χ1v) is 8.56. The minimum atomic E-state index is -0.828. The number of carbonyl (C=O) groups excluding carboxylic acids is 2. The molecule has 24 heavy (non-hydrogen) atoms. The van der Waals surface area contributed by atoms with Crippen LogP contribution in [0.1, 0.15) is 49.5 Å². The summed E-state index contributed by atoms with van der Waals surface area (Å²) in [5.74, 6) is -0.291. The standard InChI is InChI=1S/C18H23N3O3/c1-13(17(22)19-11-14-7-3-2-4-8-14)24-18(23)15-12-21-10-6-5-9-16(21)20-15/h5-6,9-10,12-14H,2-4,7-8,11H2,1H3,(H,19,22)/t13-/m1/s1. The van der Waals surface area contributed by atoms with Crippen LogP contribution in [0.15, 0.2) is 30.6 Å². The topological polar surface area (TPSA) is 72.7 Å². The Kier molecular flexibility index (Phi) is 5.13. The lowest BCUT2D eigenvalue weighted by Crippen LogP contribution is -2.38. The van der Waals surface area contributed by atoms with Gasteiger partial charge in [-0.2, -0.15) is 0 Å². The fourth-order valence-electron chi connectivity index (χ4n) is 3.09.